The second-order valence-electron chi connectivity index (χ2n) is 5.06. The van der Waals surface area contributed by atoms with E-state index in [1.165, 1.54) is 11.3 Å². The van der Waals surface area contributed by atoms with E-state index >= 15 is 0 Å². The number of rotatable bonds is 4. The van der Waals surface area contributed by atoms with E-state index in [2.05, 4.69) is 20.5 Å². The van der Waals surface area contributed by atoms with Crippen molar-refractivity contribution in [1.29, 1.82) is 0 Å². The van der Waals surface area contributed by atoms with Crippen LogP contribution in [0.5, 0.6) is 0 Å². The van der Waals surface area contributed by atoms with Crippen LogP contribution in [0.3, 0.4) is 0 Å². The van der Waals surface area contributed by atoms with E-state index in [9.17, 15) is 4.79 Å². The number of aromatic nitrogens is 1. The maximum absolute atomic E-state index is 11.9. The van der Waals surface area contributed by atoms with Gasteiger partial charge >= 0.3 is 6.03 Å². The molecule has 2 heterocycles. The quantitative estimate of drug-likeness (QED) is 0.749. The molecule has 8 heteroatoms. The predicted molar refractivity (Wildman–Crippen MR) is 91.3 cm³/mol. The van der Waals surface area contributed by atoms with Gasteiger partial charge in [0.05, 0.1) is 23.4 Å². The fourth-order valence-corrected chi connectivity index (χ4v) is 3.51. The number of urea groups is 1. The van der Waals surface area contributed by atoms with E-state index in [0.29, 0.717) is 6.54 Å². The second-order valence-corrected chi connectivity index (χ2v) is 6.78. The molecule has 0 radical (unpaired) electrons. The molecule has 1 aliphatic rings. The van der Waals surface area contributed by atoms with Gasteiger partial charge in [0.25, 0.3) is 0 Å². The summed E-state index contributed by atoms with van der Waals surface area (Å²) in [7, 11) is 0. The Labute approximate surface area is 137 Å². The van der Waals surface area contributed by atoms with Crippen molar-refractivity contribution >= 4 is 45.5 Å². The third-order valence-electron chi connectivity index (χ3n) is 3.50. The number of nitrogens with one attached hydrogen (secondary N) is 3. The smallest absolute Gasteiger partial charge is 0.319 e. The molecule has 0 saturated carbocycles. The molecule has 3 N–H and O–H groups in total. The van der Waals surface area contributed by atoms with E-state index in [1.54, 1.807) is 0 Å². The summed E-state index contributed by atoms with van der Waals surface area (Å²) >= 11 is 6.61. The second kappa shape index (κ2) is 7.19. The Balaban J connectivity index is 1.48. The summed E-state index contributed by atoms with van der Waals surface area (Å²) in [6.45, 7) is 4.87. The van der Waals surface area contributed by atoms with Gasteiger partial charge in [-0.3, -0.25) is 4.90 Å². The number of carbonyl (C=O) groups is 1. The monoisotopic (exact) mass is 338 g/mol. The highest BCUT2D eigenvalue weighted by Crippen LogP contribution is 2.23. The van der Waals surface area contributed by atoms with Gasteiger partial charge in [-0.15, -0.1) is 11.3 Å². The van der Waals surface area contributed by atoms with Gasteiger partial charge in [0.1, 0.15) is 0 Å². The fourth-order valence-electron chi connectivity index (χ4n) is 2.35. The van der Waals surface area contributed by atoms with Crippen LogP contribution in [-0.4, -0.2) is 55.3 Å². The van der Waals surface area contributed by atoms with Crippen molar-refractivity contribution in [2.75, 3.05) is 44.7 Å². The number of H-pyrrole nitrogens is 1. The molecule has 2 amide bonds. The molecular formula is C14H18N4O2S2. The molecule has 6 nitrogen and oxygen atoms in total. The minimum atomic E-state index is -0.188. The van der Waals surface area contributed by atoms with E-state index in [-0.39, 0.29) is 6.03 Å². The number of hydrogen-bond donors (Lipinski definition) is 3. The van der Waals surface area contributed by atoms with Crippen molar-refractivity contribution in [1.82, 2.24) is 15.2 Å². The number of hydrogen-bond acceptors (Lipinski definition) is 5. The average molecular weight is 338 g/mol. The highest BCUT2D eigenvalue weighted by atomic mass is 32.1. The number of benzene rings is 1. The van der Waals surface area contributed by atoms with E-state index in [1.807, 2.05) is 18.2 Å². The van der Waals surface area contributed by atoms with Gasteiger partial charge in [-0.2, -0.15) is 0 Å². The van der Waals surface area contributed by atoms with Crippen molar-refractivity contribution in [2.24, 2.45) is 0 Å². The maximum Gasteiger partial charge on any atom is 0.319 e. The SMILES string of the molecule is O=C(NCCN1CCOCC1)Nc1ccc2[nH]c(=S)sc2c1. The Hall–Kier alpha value is -1.48. The molecule has 1 aliphatic heterocycles. The standard InChI is InChI=1S/C14H18N4O2S2/c19-13(15-3-4-18-5-7-20-8-6-18)16-10-1-2-11-12(9-10)22-14(21)17-11/h1-2,9H,3-8H2,(H,17,21)(H2,15,16,19). The number of fused-ring (bicyclic) bond motifs is 1. The van der Waals surface area contributed by atoms with Crippen molar-refractivity contribution < 1.29 is 9.53 Å². The summed E-state index contributed by atoms with van der Waals surface area (Å²) in [5.74, 6) is 0. The van der Waals surface area contributed by atoms with Crippen LogP contribution in [0.15, 0.2) is 18.2 Å². The lowest BCUT2D eigenvalue weighted by Gasteiger charge is -2.26. The van der Waals surface area contributed by atoms with E-state index < -0.39 is 0 Å². The Kier molecular flexibility index (Phi) is 5.04. The predicted octanol–water partition coefficient (Wildman–Crippen LogP) is 2.41. The molecule has 0 atom stereocenters. The van der Waals surface area contributed by atoms with Gasteiger partial charge in [0.15, 0.2) is 3.95 Å². The van der Waals surface area contributed by atoms with Gasteiger partial charge in [-0.05, 0) is 30.4 Å². The normalized spacial score (nSPS) is 15.8. The zero-order valence-corrected chi connectivity index (χ0v) is 13.7. The molecule has 1 aromatic heterocycles. The molecule has 2 aromatic rings. The number of amides is 2. The summed E-state index contributed by atoms with van der Waals surface area (Å²) < 4.78 is 7.07. The number of anilines is 1. The number of nitrogens with zero attached hydrogens (tertiary/aromatic N) is 1. The van der Waals surface area contributed by atoms with Crippen LogP contribution in [0.25, 0.3) is 10.2 Å². The van der Waals surface area contributed by atoms with Crippen LogP contribution in [0.1, 0.15) is 0 Å². The Morgan fingerprint density at radius 2 is 2.23 bits per heavy atom. The maximum atomic E-state index is 11.9. The zero-order valence-electron chi connectivity index (χ0n) is 12.1. The first-order chi connectivity index (χ1) is 10.7. The van der Waals surface area contributed by atoms with Crippen LogP contribution >= 0.6 is 23.6 Å². The first kappa shape index (κ1) is 15.4. The van der Waals surface area contributed by atoms with E-state index in [4.69, 9.17) is 17.0 Å². The van der Waals surface area contributed by atoms with E-state index in [0.717, 1.165) is 52.7 Å². The Bertz CT molecular complexity index is 706. The van der Waals surface area contributed by atoms with Gasteiger partial charge in [0.2, 0.25) is 0 Å². The van der Waals surface area contributed by atoms with Crippen LogP contribution in [0.4, 0.5) is 10.5 Å². The summed E-state index contributed by atoms with van der Waals surface area (Å²) in [6, 6.07) is 5.52. The Morgan fingerprint density at radius 1 is 1.41 bits per heavy atom. The molecule has 0 unspecified atom stereocenters. The van der Waals surface area contributed by atoms with Crippen LogP contribution in [-0.2, 0) is 4.74 Å². The summed E-state index contributed by atoms with van der Waals surface area (Å²) in [5.41, 5.74) is 1.76. The van der Waals surface area contributed by atoms with Crippen molar-refractivity contribution in [3.63, 3.8) is 0 Å². The van der Waals surface area contributed by atoms with Crippen LogP contribution < -0.4 is 10.6 Å². The highest BCUT2D eigenvalue weighted by Gasteiger charge is 2.10. The minimum absolute atomic E-state index is 0.188. The molecule has 1 saturated heterocycles. The van der Waals surface area contributed by atoms with Gasteiger partial charge in [-0.25, -0.2) is 4.79 Å². The molecule has 3 rings (SSSR count). The number of ether oxygens (including phenoxy) is 1. The lowest BCUT2D eigenvalue weighted by Crippen LogP contribution is -2.42. The fraction of sp³-hybridized carbons (Fsp3) is 0.429. The van der Waals surface area contributed by atoms with Crippen molar-refractivity contribution in [3.05, 3.63) is 22.2 Å². The molecular weight excluding hydrogens is 320 g/mol. The highest BCUT2D eigenvalue weighted by molar-refractivity contribution is 7.73. The van der Waals surface area contributed by atoms with Gasteiger partial charge in [0, 0.05) is 31.9 Å². The topological polar surface area (TPSA) is 69.4 Å². The summed E-state index contributed by atoms with van der Waals surface area (Å²) in [4.78, 5) is 17.3. The lowest BCUT2D eigenvalue weighted by molar-refractivity contribution is 0.0388. The van der Waals surface area contributed by atoms with Crippen LogP contribution in [0, 0.1) is 3.95 Å². The summed E-state index contributed by atoms with van der Waals surface area (Å²) in [6.07, 6.45) is 0. The first-order valence-corrected chi connectivity index (χ1v) is 8.41. The molecule has 1 aromatic carbocycles. The zero-order chi connectivity index (χ0) is 15.4. The molecule has 1 fully saturated rings. The first-order valence-electron chi connectivity index (χ1n) is 7.18. The number of thiazole rings is 1. The third kappa shape index (κ3) is 4.04. The molecule has 0 bridgehead atoms. The van der Waals surface area contributed by atoms with Gasteiger partial charge < -0.3 is 20.4 Å². The summed E-state index contributed by atoms with van der Waals surface area (Å²) in [5, 5.41) is 5.72. The minimum Gasteiger partial charge on any atom is -0.379 e. The molecule has 0 aliphatic carbocycles. The third-order valence-corrected chi connectivity index (χ3v) is 4.69. The van der Waals surface area contributed by atoms with Crippen molar-refractivity contribution in [3.8, 4) is 0 Å². The Morgan fingerprint density at radius 3 is 3.05 bits per heavy atom. The average Bonchev–Trinajstić information content (AvgIpc) is 2.87. The number of morpholine rings is 1. The van der Waals surface area contributed by atoms with Crippen molar-refractivity contribution in [2.45, 2.75) is 0 Å². The van der Waals surface area contributed by atoms with Crippen LogP contribution in [0.2, 0.25) is 0 Å². The number of aromatic amines is 1. The molecule has 0 spiro atoms. The lowest BCUT2D eigenvalue weighted by atomic mass is 10.3. The van der Waals surface area contributed by atoms with Gasteiger partial charge in [-0.1, -0.05) is 0 Å². The molecule has 22 heavy (non-hydrogen) atoms. The largest absolute Gasteiger partial charge is 0.379 e. The number of carbonyl (C=O) groups excluding carboxylic acids is 1. The molecule has 118 valence electrons.